The van der Waals surface area contributed by atoms with E-state index in [-0.39, 0.29) is 11.9 Å². The minimum absolute atomic E-state index is 0.185. The fourth-order valence-corrected chi connectivity index (χ4v) is 2.54. The summed E-state index contributed by atoms with van der Waals surface area (Å²) < 4.78 is 1.69. The number of amides is 1. The van der Waals surface area contributed by atoms with Gasteiger partial charge in [0.2, 0.25) is 0 Å². The van der Waals surface area contributed by atoms with Crippen LogP contribution in [0.1, 0.15) is 28.9 Å². The van der Waals surface area contributed by atoms with Crippen LogP contribution in [0.2, 0.25) is 0 Å². The second-order valence-electron chi connectivity index (χ2n) is 6.02. The third kappa shape index (κ3) is 2.78. The molecule has 1 fully saturated rings. The second-order valence-corrected chi connectivity index (χ2v) is 6.02. The highest BCUT2D eigenvalue weighted by molar-refractivity contribution is 5.98. The van der Waals surface area contributed by atoms with Gasteiger partial charge in [0.15, 0.2) is 5.69 Å². The number of pyridine rings is 1. The molecule has 1 amide bonds. The fraction of sp³-hybridized carbons (Fsp3) is 0.222. The van der Waals surface area contributed by atoms with Gasteiger partial charge in [-0.1, -0.05) is 22.9 Å². The van der Waals surface area contributed by atoms with Gasteiger partial charge < -0.3 is 5.32 Å². The molecule has 120 valence electrons. The molecular formula is C18H17N5O. The quantitative estimate of drug-likeness (QED) is 0.802. The zero-order chi connectivity index (χ0) is 16.5. The summed E-state index contributed by atoms with van der Waals surface area (Å²) in [7, 11) is 0. The zero-order valence-electron chi connectivity index (χ0n) is 13.3. The van der Waals surface area contributed by atoms with E-state index in [1.165, 1.54) is 0 Å². The van der Waals surface area contributed by atoms with Gasteiger partial charge in [-0.25, -0.2) is 4.68 Å². The van der Waals surface area contributed by atoms with Crippen LogP contribution in [0.4, 0.5) is 0 Å². The molecule has 0 radical (unpaired) electrons. The number of aryl methyl sites for hydroxylation is 1. The van der Waals surface area contributed by atoms with Crippen molar-refractivity contribution in [2.24, 2.45) is 0 Å². The SMILES string of the molecule is Cc1ccc(-n2nnc(C(=O)NC3CC3)c2-c2cccnc2)cc1. The average molecular weight is 319 g/mol. The Morgan fingerprint density at radius 3 is 2.67 bits per heavy atom. The number of carbonyl (C=O) groups excluding carboxylic acids is 1. The van der Waals surface area contributed by atoms with Gasteiger partial charge >= 0.3 is 0 Å². The number of nitrogens with zero attached hydrogens (tertiary/aromatic N) is 4. The van der Waals surface area contributed by atoms with Crippen LogP contribution >= 0.6 is 0 Å². The first-order chi connectivity index (χ1) is 11.7. The van der Waals surface area contributed by atoms with Gasteiger partial charge in [0, 0.05) is 24.0 Å². The maximum Gasteiger partial charge on any atom is 0.274 e. The Hall–Kier alpha value is -3.02. The molecule has 0 aliphatic heterocycles. The van der Waals surface area contributed by atoms with Crippen LogP contribution in [0, 0.1) is 6.92 Å². The summed E-state index contributed by atoms with van der Waals surface area (Å²) in [5.74, 6) is -0.185. The van der Waals surface area contributed by atoms with Gasteiger partial charge in [-0.05, 0) is 44.0 Å². The van der Waals surface area contributed by atoms with Gasteiger partial charge in [-0.3, -0.25) is 9.78 Å². The minimum atomic E-state index is -0.185. The molecule has 2 heterocycles. The smallest absolute Gasteiger partial charge is 0.274 e. The normalized spacial score (nSPS) is 13.7. The second kappa shape index (κ2) is 5.88. The van der Waals surface area contributed by atoms with Crippen molar-refractivity contribution in [2.75, 3.05) is 0 Å². The number of hydrogen-bond donors (Lipinski definition) is 1. The molecule has 0 bridgehead atoms. The first-order valence-electron chi connectivity index (χ1n) is 7.96. The molecule has 6 heteroatoms. The summed E-state index contributed by atoms with van der Waals surface area (Å²) >= 11 is 0. The highest BCUT2D eigenvalue weighted by Gasteiger charge is 2.28. The van der Waals surface area contributed by atoms with E-state index in [0.717, 1.165) is 29.7 Å². The van der Waals surface area contributed by atoms with E-state index >= 15 is 0 Å². The summed E-state index contributed by atoms with van der Waals surface area (Å²) in [6.45, 7) is 2.03. The molecule has 24 heavy (non-hydrogen) atoms. The van der Waals surface area contributed by atoms with E-state index < -0.39 is 0 Å². The van der Waals surface area contributed by atoms with Crippen molar-refractivity contribution < 1.29 is 4.79 Å². The van der Waals surface area contributed by atoms with E-state index in [4.69, 9.17) is 0 Å². The Kier molecular flexibility index (Phi) is 3.57. The highest BCUT2D eigenvalue weighted by Crippen LogP contribution is 2.26. The molecular weight excluding hydrogens is 302 g/mol. The lowest BCUT2D eigenvalue weighted by molar-refractivity contribution is 0.0946. The van der Waals surface area contributed by atoms with Crippen LogP contribution in [-0.4, -0.2) is 31.9 Å². The standard InChI is InChI=1S/C18H17N5O/c1-12-4-8-15(9-5-12)23-17(13-3-2-10-19-11-13)16(21-22-23)18(24)20-14-6-7-14/h2-5,8-11,14H,6-7H2,1H3,(H,20,24). The molecule has 1 aliphatic rings. The fourth-order valence-electron chi connectivity index (χ4n) is 2.54. The molecule has 2 aromatic heterocycles. The van der Waals surface area contributed by atoms with E-state index in [0.29, 0.717) is 11.4 Å². The number of nitrogens with one attached hydrogen (secondary N) is 1. The molecule has 6 nitrogen and oxygen atoms in total. The van der Waals surface area contributed by atoms with E-state index in [9.17, 15) is 4.79 Å². The van der Waals surface area contributed by atoms with Crippen molar-refractivity contribution in [3.63, 3.8) is 0 Å². The van der Waals surface area contributed by atoms with Crippen molar-refractivity contribution in [3.05, 3.63) is 60.0 Å². The van der Waals surface area contributed by atoms with Crippen LogP contribution in [0.25, 0.3) is 16.9 Å². The largest absolute Gasteiger partial charge is 0.348 e. The van der Waals surface area contributed by atoms with Crippen molar-refractivity contribution >= 4 is 5.91 Å². The third-order valence-corrected chi connectivity index (χ3v) is 4.01. The number of aromatic nitrogens is 4. The Bertz CT molecular complexity index is 866. The van der Waals surface area contributed by atoms with Crippen molar-refractivity contribution in [1.29, 1.82) is 0 Å². The molecule has 0 atom stereocenters. The highest BCUT2D eigenvalue weighted by atomic mass is 16.2. The van der Waals surface area contributed by atoms with E-state index in [2.05, 4.69) is 20.6 Å². The van der Waals surface area contributed by atoms with Crippen molar-refractivity contribution in [1.82, 2.24) is 25.3 Å². The van der Waals surface area contributed by atoms with Crippen LogP contribution in [-0.2, 0) is 0 Å². The Morgan fingerprint density at radius 1 is 1.21 bits per heavy atom. The minimum Gasteiger partial charge on any atom is -0.348 e. The first-order valence-corrected chi connectivity index (χ1v) is 7.96. The lowest BCUT2D eigenvalue weighted by Gasteiger charge is -2.08. The number of carbonyl (C=O) groups is 1. The molecule has 1 N–H and O–H groups in total. The van der Waals surface area contributed by atoms with Crippen LogP contribution < -0.4 is 5.32 Å². The van der Waals surface area contributed by atoms with Crippen molar-refractivity contribution in [3.8, 4) is 16.9 Å². The summed E-state index contributed by atoms with van der Waals surface area (Å²) in [4.78, 5) is 16.7. The summed E-state index contributed by atoms with van der Waals surface area (Å²) in [6, 6.07) is 12.0. The molecule has 0 saturated heterocycles. The Balaban J connectivity index is 1.83. The summed E-state index contributed by atoms with van der Waals surface area (Å²) in [5, 5.41) is 11.3. The van der Waals surface area contributed by atoms with Gasteiger partial charge in [-0.2, -0.15) is 0 Å². The van der Waals surface area contributed by atoms with Crippen molar-refractivity contribution in [2.45, 2.75) is 25.8 Å². The zero-order valence-corrected chi connectivity index (χ0v) is 13.3. The molecule has 4 rings (SSSR count). The Labute approximate surface area is 139 Å². The topological polar surface area (TPSA) is 72.7 Å². The third-order valence-electron chi connectivity index (χ3n) is 4.01. The van der Waals surface area contributed by atoms with Crippen LogP contribution in [0.3, 0.4) is 0 Å². The molecule has 0 spiro atoms. The maximum atomic E-state index is 12.5. The predicted octanol–water partition coefficient (Wildman–Crippen LogP) is 2.53. The number of benzene rings is 1. The predicted molar refractivity (Wildman–Crippen MR) is 89.8 cm³/mol. The molecule has 0 unspecified atom stereocenters. The van der Waals surface area contributed by atoms with Crippen LogP contribution in [0.5, 0.6) is 0 Å². The molecule has 1 saturated carbocycles. The first kappa shape index (κ1) is 14.6. The summed E-state index contributed by atoms with van der Waals surface area (Å²) in [6.07, 6.45) is 5.48. The van der Waals surface area contributed by atoms with E-state index in [1.54, 1.807) is 17.1 Å². The molecule has 1 aliphatic carbocycles. The maximum absolute atomic E-state index is 12.5. The van der Waals surface area contributed by atoms with Gasteiger partial charge in [0.25, 0.3) is 5.91 Å². The lowest BCUT2D eigenvalue weighted by atomic mass is 10.1. The van der Waals surface area contributed by atoms with Crippen LogP contribution in [0.15, 0.2) is 48.8 Å². The van der Waals surface area contributed by atoms with Gasteiger partial charge in [-0.15, -0.1) is 5.10 Å². The lowest BCUT2D eigenvalue weighted by Crippen LogP contribution is -2.26. The van der Waals surface area contributed by atoms with Gasteiger partial charge in [0.1, 0.15) is 5.69 Å². The average Bonchev–Trinajstić information content (AvgIpc) is 3.31. The number of hydrogen-bond acceptors (Lipinski definition) is 4. The number of rotatable bonds is 4. The Morgan fingerprint density at radius 2 is 2.00 bits per heavy atom. The molecule has 3 aromatic rings. The van der Waals surface area contributed by atoms with Gasteiger partial charge in [0.05, 0.1) is 5.69 Å². The molecule has 1 aromatic carbocycles. The monoisotopic (exact) mass is 319 g/mol. The van der Waals surface area contributed by atoms with E-state index in [1.807, 2.05) is 43.3 Å². The summed E-state index contributed by atoms with van der Waals surface area (Å²) in [5.41, 5.74) is 3.82.